The van der Waals surface area contributed by atoms with Crippen LogP contribution in [-0.2, 0) is 6.54 Å². The van der Waals surface area contributed by atoms with E-state index in [9.17, 15) is 4.79 Å². The van der Waals surface area contributed by atoms with Crippen LogP contribution >= 0.6 is 0 Å². The summed E-state index contributed by atoms with van der Waals surface area (Å²) in [6.07, 6.45) is 6.66. The van der Waals surface area contributed by atoms with E-state index in [-0.39, 0.29) is 11.5 Å². The summed E-state index contributed by atoms with van der Waals surface area (Å²) in [5, 5.41) is 0. The highest BCUT2D eigenvalue weighted by Crippen LogP contribution is 2.33. The summed E-state index contributed by atoms with van der Waals surface area (Å²) in [6, 6.07) is 7.56. The van der Waals surface area contributed by atoms with E-state index in [0.29, 0.717) is 11.5 Å². The molecular formula is C22H25N5O3. The van der Waals surface area contributed by atoms with E-state index in [0.717, 1.165) is 55.2 Å². The van der Waals surface area contributed by atoms with Gasteiger partial charge in [0, 0.05) is 36.5 Å². The minimum Gasteiger partial charge on any atom is -0.493 e. The van der Waals surface area contributed by atoms with Gasteiger partial charge in [0.05, 0.1) is 26.1 Å². The predicted octanol–water partition coefficient (Wildman–Crippen LogP) is 2.62. The van der Waals surface area contributed by atoms with Crippen molar-refractivity contribution in [3.8, 4) is 23.0 Å². The number of H-pyrrole nitrogens is 1. The highest BCUT2D eigenvalue weighted by molar-refractivity contribution is 5.47. The fourth-order valence-electron chi connectivity index (χ4n) is 3.93. The number of nitrogens with one attached hydrogen (secondary N) is 1. The molecule has 1 aliphatic rings. The summed E-state index contributed by atoms with van der Waals surface area (Å²) in [4.78, 5) is 30.3. The van der Waals surface area contributed by atoms with Crippen molar-refractivity contribution in [3.63, 3.8) is 0 Å². The highest BCUT2D eigenvalue weighted by Gasteiger charge is 2.24. The second-order valence-corrected chi connectivity index (χ2v) is 7.31. The predicted molar refractivity (Wildman–Crippen MR) is 113 cm³/mol. The second kappa shape index (κ2) is 9.04. The molecule has 0 spiro atoms. The van der Waals surface area contributed by atoms with Gasteiger partial charge in [0.2, 0.25) is 0 Å². The maximum Gasteiger partial charge on any atom is 0.251 e. The molecule has 8 nitrogen and oxygen atoms in total. The van der Waals surface area contributed by atoms with Crippen LogP contribution in [0.25, 0.3) is 11.5 Å². The lowest BCUT2D eigenvalue weighted by molar-refractivity contribution is 0.200. The Hall–Kier alpha value is -3.26. The Bertz CT molecular complexity index is 1050. The molecule has 4 rings (SSSR count). The van der Waals surface area contributed by atoms with Gasteiger partial charge in [0.25, 0.3) is 5.56 Å². The number of methoxy groups -OCH3 is 2. The van der Waals surface area contributed by atoms with E-state index in [1.54, 1.807) is 38.9 Å². The van der Waals surface area contributed by atoms with Crippen LogP contribution in [-0.4, -0.2) is 52.1 Å². The lowest BCUT2D eigenvalue weighted by Crippen LogP contribution is -2.33. The molecule has 0 atom stereocenters. The van der Waals surface area contributed by atoms with Crippen molar-refractivity contribution < 1.29 is 9.47 Å². The third kappa shape index (κ3) is 4.33. The Balaban J connectivity index is 1.46. The summed E-state index contributed by atoms with van der Waals surface area (Å²) < 4.78 is 11.0. The molecule has 1 fully saturated rings. The minimum atomic E-state index is -0.163. The zero-order valence-electron chi connectivity index (χ0n) is 17.2. The minimum absolute atomic E-state index is 0.163. The second-order valence-electron chi connectivity index (χ2n) is 7.31. The number of benzene rings is 1. The number of para-hydroxylation sites is 1. The van der Waals surface area contributed by atoms with Crippen LogP contribution in [0.3, 0.4) is 0 Å². The molecule has 1 aliphatic heterocycles. The molecule has 1 aromatic carbocycles. The Kier molecular flexibility index (Phi) is 6.04. The van der Waals surface area contributed by atoms with Crippen molar-refractivity contribution in [2.75, 3.05) is 27.3 Å². The lowest BCUT2D eigenvalue weighted by atomic mass is 9.93. The van der Waals surface area contributed by atoms with Gasteiger partial charge in [0.1, 0.15) is 5.69 Å². The smallest absolute Gasteiger partial charge is 0.251 e. The van der Waals surface area contributed by atoms with Gasteiger partial charge in [0.15, 0.2) is 17.3 Å². The van der Waals surface area contributed by atoms with Crippen molar-refractivity contribution in [1.82, 2.24) is 24.8 Å². The van der Waals surface area contributed by atoms with Crippen LogP contribution < -0.4 is 15.0 Å². The van der Waals surface area contributed by atoms with Gasteiger partial charge in [-0.1, -0.05) is 12.1 Å². The summed E-state index contributed by atoms with van der Waals surface area (Å²) in [5.74, 6) is 2.24. The molecule has 8 heteroatoms. The third-order valence-corrected chi connectivity index (χ3v) is 5.45. The molecule has 156 valence electrons. The number of hydrogen-bond donors (Lipinski definition) is 1. The number of likely N-dealkylation sites (tertiary alicyclic amines) is 1. The number of aromatic amines is 1. The van der Waals surface area contributed by atoms with Crippen molar-refractivity contribution >= 4 is 0 Å². The normalized spacial score (nSPS) is 15.1. The Morgan fingerprint density at radius 3 is 2.70 bits per heavy atom. The highest BCUT2D eigenvalue weighted by atomic mass is 16.5. The van der Waals surface area contributed by atoms with E-state index in [4.69, 9.17) is 9.47 Å². The Morgan fingerprint density at radius 1 is 1.17 bits per heavy atom. The zero-order valence-corrected chi connectivity index (χ0v) is 17.2. The molecule has 3 aromatic rings. The van der Waals surface area contributed by atoms with E-state index in [1.807, 2.05) is 12.1 Å². The third-order valence-electron chi connectivity index (χ3n) is 5.45. The quantitative estimate of drug-likeness (QED) is 0.671. The Labute approximate surface area is 174 Å². The van der Waals surface area contributed by atoms with E-state index >= 15 is 0 Å². The lowest BCUT2D eigenvalue weighted by Gasteiger charge is -2.32. The largest absolute Gasteiger partial charge is 0.493 e. The summed E-state index contributed by atoms with van der Waals surface area (Å²) >= 11 is 0. The fraction of sp³-hybridized carbons (Fsp3) is 0.364. The van der Waals surface area contributed by atoms with Crippen LogP contribution in [0.5, 0.6) is 11.5 Å². The topological polar surface area (TPSA) is 93.2 Å². The molecule has 30 heavy (non-hydrogen) atoms. The van der Waals surface area contributed by atoms with Gasteiger partial charge in [-0.2, -0.15) is 0 Å². The van der Waals surface area contributed by atoms with Crippen LogP contribution in [0.2, 0.25) is 0 Å². The molecule has 1 N–H and O–H groups in total. The first kappa shape index (κ1) is 20.0. The molecule has 2 aromatic heterocycles. The standard InChI is InChI=1S/C22H25N5O3/c1-29-19-5-3-4-16(21(19)30-2)14-27-10-6-15(7-11-27)17-12-20(28)26-22(25-17)18-13-23-8-9-24-18/h3-5,8-9,12-13,15H,6-7,10-11,14H2,1-2H3,(H,25,26,28). The fourth-order valence-corrected chi connectivity index (χ4v) is 3.93. The van der Waals surface area contributed by atoms with Gasteiger partial charge < -0.3 is 14.5 Å². The van der Waals surface area contributed by atoms with Crippen LogP contribution in [0.1, 0.15) is 30.0 Å². The number of hydrogen-bond acceptors (Lipinski definition) is 7. The van der Waals surface area contributed by atoms with Crippen LogP contribution in [0.15, 0.2) is 47.7 Å². The average molecular weight is 407 g/mol. The maximum absolute atomic E-state index is 12.2. The van der Waals surface area contributed by atoms with Crippen LogP contribution in [0, 0.1) is 0 Å². The molecule has 1 saturated heterocycles. The number of rotatable bonds is 6. The molecule has 0 aliphatic carbocycles. The van der Waals surface area contributed by atoms with Crippen molar-refractivity contribution in [1.29, 1.82) is 0 Å². The molecule has 0 amide bonds. The molecule has 3 heterocycles. The summed E-state index contributed by atoms with van der Waals surface area (Å²) in [7, 11) is 3.32. The van der Waals surface area contributed by atoms with Gasteiger partial charge in [-0.25, -0.2) is 9.97 Å². The van der Waals surface area contributed by atoms with E-state index in [1.165, 1.54) is 0 Å². The van der Waals surface area contributed by atoms with Gasteiger partial charge in [-0.15, -0.1) is 0 Å². The Morgan fingerprint density at radius 2 is 2.00 bits per heavy atom. The van der Waals surface area contributed by atoms with Gasteiger partial charge in [-0.05, 0) is 32.0 Å². The van der Waals surface area contributed by atoms with E-state index in [2.05, 4.69) is 30.9 Å². The molecule has 0 unspecified atom stereocenters. The van der Waals surface area contributed by atoms with Crippen molar-refractivity contribution in [2.24, 2.45) is 0 Å². The van der Waals surface area contributed by atoms with Crippen LogP contribution in [0.4, 0.5) is 0 Å². The first-order valence-electron chi connectivity index (χ1n) is 9.98. The van der Waals surface area contributed by atoms with Crippen molar-refractivity contribution in [2.45, 2.75) is 25.3 Å². The summed E-state index contributed by atoms with van der Waals surface area (Å²) in [6.45, 7) is 2.63. The summed E-state index contributed by atoms with van der Waals surface area (Å²) in [5.41, 5.74) is 2.33. The molecule has 0 saturated carbocycles. The average Bonchev–Trinajstić information content (AvgIpc) is 2.79. The number of piperidine rings is 1. The van der Waals surface area contributed by atoms with Gasteiger partial charge in [-0.3, -0.25) is 14.7 Å². The SMILES string of the molecule is COc1cccc(CN2CCC(c3cc(=O)[nH]c(-c4cnccn4)n3)CC2)c1OC. The molecule has 0 radical (unpaired) electrons. The zero-order chi connectivity index (χ0) is 20.9. The van der Waals surface area contributed by atoms with Crippen molar-refractivity contribution in [3.05, 3.63) is 64.5 Å². The van der Waals surface area contributed by atoms with E-state index < -0.39 is 0 Å². The first-order chi connectivity index (χ1) is 14.7. The number of aromatic nitrogens is 4. The maximum atomic E-state index is 12.2. The number of ether oxygens (including phenoxy) is 2. The van der Waals surface area contributed by atoms with Gasteiger partial charge >= 0.3 is 0 Å². The molecular weight excluding hydrogens is 382 g/mol. The monoisotopic (exact) mass is 407 g/mol. The molecule has 0 bridgehead atoms. The number of nitrogens with zero attached hydrogens (tertiary/aromatic N) is 4. The first-order valence-corrected chi connectivity index (χ1v) is 9.98.